The summed E-state index contributed by atoms with van der Waals surface area (Å²) in [5.74, 6) is 0. The molecule has 0 bridgehead atoms. The van der Waals surface area contributed by atoms with E-state index in [0.717, 1.165) is 52.9 Å². The van der Waals surface area contributed by atoms with Gasteiger partial charge in [-0.05, 0) is 25.7 Å². The van der Waals surface area contributed by atoms with Crippen LogP contribution < -0.4 is 0 Å². The van der Waals surface area contributed by atoms with Crippen molar-refractivity contribution in [2.75, 3.05) is 19.8 Å². The van der Waals surface area contributed by atoms with E-state index in [0.29, 0.717) is 0 Å². The van der Waals surface area contributed by atoms with Crippen molar-refractivity contribution in [3.63, 3.8) is 0 Å². The van der Waals surface area contributed by atoms with Crippen LogP contribution in [-0.4, -0.2) is 25.2 Å². The van der Waals surface area contributed by atoms with E-state index >= 15 is 0 Å². The lowest BCUT2D eigenvalue weighted by atomic mass is 10.2. The summed E-state index contributed by atoms with van der Waals surface area (Å²) in [5.41, 5.74) is 0. The van der Waals surface area contributed by atoms with Crippen LogP contribution in [0.15, 0.2) is 0 Å². The monoisotopic (exact) mass is 250 g/mol. The van der Waals surface area contributed by atoms with Gasteiger partial charge in [0.2, 0.25) is 0 Å². The fourth-order valence-electron chi connectivity index (χ4n) is 1.28. The van der Waals surface area contributed by atoms with Gasteiger partial charge in [-0.2, -0.15) is 0 Å². The predicted octanol–water partition coefficient (Wildman–Crippen LogP) is 3.74. The summed E-state index contributed by atoms with van der Waals surface area (Å²) in [6, 6.07) is 0. The molecule has 0 fully saturated rings. The molecule has 0 aromatic carbocycles. The first kappa shape index (κ1) is 15.4. The fourth-order valence-corrected chi connectivity index (χ4v) is 2.61. The minimum atomic E-state index is -0.0971. The van der Waals surface area contributed by atoms with E-state index in [1.807, 2.05) is 0 Å². The van der Waals surface area contributed by atoms with Crippen LogP contribution in [0.4, 0.5) is 0 Å². The zero-order chi connectivity index (χ0) is 11.6. The Morgan fingerprint density at radius 1 is 1.07 bits per heavy atom. The van der Waals surface area contributed by atoms with Gasteiger partial charge in [0, 0.05) is 20.6 Å². The lowest BCUT2D eigenvalue weighted by Crippen LogP contribution is -2.24. The molecule has 0 aliphatic rings. The van der Waals surface area contributed by atoms with Gasteiger partial charge in [-0.25, -0.2) is 0 Å². The number of hydrogen-bond acceptors (Lipinski definition) is 3. The van der Waals surface area contributed by atoms with Crippen molar-refractivity contribution < 1.29 is 9.47 Å². The second kappa shape index (κ2) is 9.65. The van der Waals surface area contributed by atoms with Crippen LogP contribution in [0, 0.1) is 0 Å². The van der Waals surface area contributed by atoms with E-state index in [4.69, 9.17) is 21.3 Å². The van der Waals surface area contributed by atoms with E-state index in [9.17, 15) is 0 Å². The largest absolute Gasteiger partial charge is 0.381 e. The normalized spacial score (nSPS) is 12.2. The summed E-state index contributed by atoms with van der Waals surface area (Å²) in [7, 11) is 0.929. The van der Waals surface area contributed by atoms with Crippen LogP contribution in [0.2, 0.25) is 0 Å². The number of hydrogen-bond donors (Lipinski definition) is 0. The Kier molecular flexibility index (Phi) is 9.93. The highest BCUT2D eigenvalue weighted by Gasteiger charge is 2.24. The first-order valence-electron chi connectivity index (χ1n) is 5.80. The van der Waals surface area contributed by atoms with Crippen LogP contribution in [0.1, 0.15) is 46.5 Å². The molecule has 0 unspecified atom stereocenters. The Morgan fingerprint density at radius 2 is 1.73 bits per heavy atom. The maximum atomic E-state index is 5.86. The Hall–Kier alpha value is 0.440. The van der Waals surface area contributed by atoms with Crippen molar-refractivity contribution >= 4 is 19.2 Å². The van der Waals surface area contributed by atoms with Gasteiger partial charge >= 0.3 is 0 Å². The van der Waals surface area contributed by atoms with Crippen LogP contribution in [-0.2, 0) is 21.3 Å². The van der Waals surface area contributed by atoms with Crippen molar-refractivity contribution in [1.82, 2.24) is 0 Å². The van der Waals surface area contributed by atoms with E-state index in [-0.39, 0.29) is 5.34 Å². The molecule has 0 saturated carbocycles. The average molecular weight is 250 g/mol. The highest BCUT2D eigenvalue weighted by molar-refractivity contribution is 7.97. The molecule has 0 N–H and O–H groups in total. The summed E-state index contributed by atoms with van der Waals surface area (Å²) in [6.07, 6.45) is 4.03. The minimum Gasteiger partial charge on any atom is -0.381 e. The van der Waals surface area contributed by atoms with E-state index in [2.05, 4.69) is 20.8 Å². The van der Waals surface area contributed by atoms with Crippen molar-refractivity contribution in [2.24, 2.45) is 0 Å². The molecule has 0 amide bonds. The van der Waals surface area contributed by atoms with Gasteiger partial charge < -0.3 is 9.47 Å². The topological polar surface area (TPSA) is 18.5 Å². The molecular formula is C11H23O2PS. The zero-order valence-corrected chi connectivity index (χ0v) is 11.8. The van der Waals surface area contributed by atoms with Crippen LogP contribution in [0.25, 0.3) is 0 Å². The minimum absolute atomic E-state index is 0.0971. The quantitative estimate of drug-likeness (QED) is 0.434. The number of ether oxygens (including phenoxy) is 2. The molecule has 0 atom stereocenters. The second-order valence-electron chi connectivity index (χ2n) is 3.56. The Morgan fingerprint density at radius 3 is 2.20 bits per heavy atom. The summed E-state index contributed by atoms with van der Waals surface area (Å²) < 4.78 is 11.3. The SMILES string of the molecule is CCCOCCCOC(CC)(CC)P=S. The molecule has 0 spiro atoms. The molecular weight excluding hydrogens is 227 g/mol. The van der Waals surface area contributed by atoms with Crippen molar-refractivity contribution in [3.05, 3.63) is 0 Å². The molecule has 2 nitrogen and oxygen atoms in total. The summed E-state index contributed by atoms with van der Waals surface area (Å²) in [5, 5.41) is -0.0971. The molecule has 15 heavy (non-hydrogen) atoms. The smallest absolute Gasteiger partial charge is 0.119 e. The molecule has 0 aliphatic carbocycles. The molecule has 0 aromatic rings. The highest BCUT2D eigenvalue weighted by atomic mass is 32.4. The third-order valence-electron chi connectivity index (χ3n) is 2.42. The van der Waals surface area contributed by atoms with Crippen molar-refractivity contribution in [2.45, 2.75) is 51.8 Å². The predicted molar refractivity (Wildman–Crippen MR) is 69.3 cm³/mol. The molecule has 4 heteroatoms. The Labute approximate surface area is 101 Å². The fraction of sp³-hybridized carbons (Fsp3) is 1.00. The standard InChI is InChI=1S/C11H23O2PS/c1-4-8-12-9-7-10-13-11(5-2,6-3)14-15/h4-10H2,1-3H3. The third kappa shape index (κ3) is 6.57. The first-order chi connectivity index (χ1) is 7.24. The van der Waals surface area contributed by atoms with Crippen LogP contribution in [0.5, 0.6) is 0 Å². The van der Waals surface area contributed by atoms with Crippen LogP contribution in [0.3, 0.4) is 0 Å². The molecule has 0 saturated heterocycles. The van der Waals surface area contributed by atoms with Gasteiger partial charge in [0.25, 0.3) is 0 Å². The summed E-state index contributed by atoms with van der Waals surface area (Å²) in [6.45, 7) is 8.80. The third-order valence-corrected chi connectivity index (χ3v) is 4.52. The van der Waals surface area contributed by atoms with Gasteiger partial charge in [0.1, 0.15) is 5.34 Å². The van der Waals surface area contributed by atoms with Gasteiger partial charge in [-0.3, -0.25) is 0 Å². The van der Waals surface area contributed by atoms with E-state index in [1.54, 1.807) is 0 Å². The van der Waals surface area contributed by atoms with E-state index in [1.165, 1.54) is 0 Å². The molecule has 0 heterocycles. The Balaban J connectivity index is 3.58. The second-order valence-corrected chi connectivity index (χ2v) is 5.10. The van der Waals surface area contributed by atoms with Gasteiger partial charge in [0.05, 0.1) is 6.61 Å². The lowest BCUT2D eigenvalue weighted by molar-refractivity contribution is 0.00538. The molecule has 0 rings (SSSR count). The van der Waals surface area contributed by atoms with Crippen LogP contribution >= 0.6 is 7.36 Å². The average Bonchev–Trinajstić information content (AvgIpc) is 2.29. The van der Waals surface area contributed by atoms with Crippen molar-refractivity contribution in [3.8, 4) is 0 Å². The van der Waals surface area contributed by atoms with Crippen molar-refractivity contribution in [1.29, 1.82) is 0 Å². The maximum Gasteiger partial charge on any atom is 0.119 e. The number of rotatable bonds is 10. The molecule has 0 aliphatic heterocycles. The van der Waals surface area contributed by atoms with Gasteiger partial charge in [-0.15, -0.1) is 0 Å². The molecule has 90 valence electrons. The molecule has 0 aromatic heterocycles. The summed E-state index contributed by atoms with van der Waals surface area (Å²) >= 11 is 5.12. The van der Waals surface area contributed by atoms with Gasteiger partial charge in [-0.1, -0.05) is 32.6 Å². The van der Waals surface area contributed by atoms with Gasteiger partial charge in [0.15, 0.2) is 0 Å². The Bertz CT molecular complexity index is 161. The lowest BCUT2D eigenvalue weighted by Gasteiger charge is -2.26. The molecule has 0 radical (unpaired) electrons. The highest BCUT2D eigenvalue weighted by Crippen LogP contribution is 2.32. The maximum absolute atomic E-state index is 5.86. The zero-order valence-electron chi connectivity index (χ0n) is 10.1. The van der Waals surface area contributed by atoms with E-state index < -0.39 is 0 Å². The summed E-state index contributed by atoms with van der Waals surface area (Å²) in [4.78, 5) is 0. The first-order valence-corrected chi connectivity index (χ1v) is 7.71.